The summed E-state index contributed by atoms with van der Waals surface area (Å²) in [5, 5.41) is 9.46. The zero-order valence-corrected chi connectivity index (χ0v) is 21.7. The number of amides is 2. The van der Waals surface area contributed by atoms with Crippen molar-refractivity contribution in [2.24, 2.45) is 5.92 Å². The van der Waals surface area contributed by atoms with E-state index in [1.54, 1.807) is 30.3 Å². The van der Waals surface area contributed by atoms with Crippen molar-refractivity contribution >= 4 is 68.4 Å². The van der Waals surface area contributed by atoms with Gasteiger partial charge in [0.1, 0.15) is 24.2 Å². The molecule has 0 radical (unpaired) electrons. The van der Waals surface area contributed by atoms with Crippen LogP contribution in [0.5, 0.6) is 5.75 Å². The Balaban J connectivity index is 1.59. The summed E-state index contributed by atoms with van der Waals surface area (Å²) in [6, 6.07) is 12.6. The number of nitrogens with one attached hydrogen (secondary N) is 1. The molecule has 35 heavy (non-hydrogen) atoms. The highest BCUT2D eigenvalue weighted by molar-refractivity contribution is 9.10. The highest BCUT2D eigenvalue weighted by Gasteiger charge is 2.56. The molecule has 2 aliphatic heterocycles. The van der Waals surface area contributed by atoms with Gasteiger partial charge in [-0.1, -0.05) is 62.8 Å². The zero-order valence-electron chi connectivity index (χ0n) is 17.7. The summed E-state index contributed by atoms with van der Waals surface area (Å²) >= 11 is 11.6. The first kappa shape index (κ1) is 24.1. The first-order valence-electron chi connectivity index (χ1n) is 10.4. The number of likely N-dealkylation sites (tertiary alicyclic amines) is 1. The van der Waals surface area contributed by atoms with Crippen LogP contribution >= 0.6 is 50.6 Å². The molecule has 2 aliphatic rings. The van der Waals surface area contributed by atoms with Gasteiger partial charge in [-0.25, -0.2) is 0 Å². The van der Waals surface area contributed by atoms with E-state index in [-0.39, 0.29) is 11.5 Å². The predicted molar refractivity (Wildman–Crippen MR) is 134 cm³/mol. The monoisotopic (exact) mass is 594 g/mol. The molecule has 12 heteroatoms. The van der Waals surface area contributed by atoms with E-state index in [1.165, 1.54) is 0 Å². The van der Waals surface area contributed by atoms with Crippen molar-refractivity contribution in [1.29, 1.82) is 0 Å². The Bertz CT molecular complexity index is 1420. The van der Waals surface area contributed by atoms with Gasteiger partial charge in [-0.05, 0) is 35.9 Å². The average molecular weight is 596 g/mol. The number of aromatic amines is 1. The van der Waals surface area contributed by atoms with Crippen LogP contribution in [0.2, 0.25) is 5.02 Å². The Morgan fingerprint density at radius 2 is 1.97 bits per heavy atom. The minimum atomic E-state index is -1.27. The molecule has 8 nitrogen and oxygen atoms in total. The van der Waals surface area contributed by atoms with E-state index in [1.807, 2.05) is 12.1 Å². The van der Waals surface area contributed by atoms with E-state index < -0.39 is 41.4 Å². The molecule has 3 aromatic rings. The summed E-state index contributed by atoms with van der Waals surface area (Å²) < 4.78 is 6.86. The lowest BCUT2D eigenvalue weighted by Crippen LogP contribution is -2.36. The quantitative estimate of drug-likeness (QED) is 0.412. The number of rotatable bonds is 6. The van der Waals surface area contributed by atoms with Gasteiger partial charge < -0.3 is 14.8 Å². The Labute approximate surface area is 220 Å². The van der Waals surface area contributed by atoms with Gasteiger partial charge in [-0.3, -0.25) is 24.1 Å². The van der Waals surface area contributed by atoms with Crippen molar-refractivity contribution in [3.63, 3.8) is 0 Å². The van der Waals surface area contributed by atoms with Crippen molar-refractivity contribution in [2.75, 3.05) is 6.54 Å². The number of thiazole rings is 1. The molecule has 2 N–H and O–H groups in total. The van der Waals surface area contributed by atoms with Crippen molar-refractivity contribution < 1.29 is 24.2 Å². The lowest BCUT2D eigenvalue weighted by atomic mass is 9.82. The maximum Gasteiger partial charge on any atom is 0.323 e. The minimum absolute atomic E-state index is 0.207. The molecule has 0 bridgehead atoms. The van der Waals surface area contributed by atoms with Crippen molar-refractivity contribution in [3.05, 3.63) is 77.6 Å². The van der Waals surface area contributed by atoms with Gasteiger partial charge >= 0.3 is 10.8 Å². The Morgan fingerprint density at radius 3 is 2.71 bits per heavy atom. The number of fused-ring (bicyclic) bond motifs is 2. The molecule has 0 spiro atoms. The summed E-state index contributed by atoms with van der Waals surface area (Å²) in [5.41, 5.74) is 1.46. The summed E-state index contributed by atoms with van der Waals surface area (Å²) in [7, 11) is 0. The van der Waals surface area contributed by atoms with E-state index in [9.17, 15) is 24.3 Å². The number of carbonyl (C=O) groups excluding carboxylic acids is 2. The summed E-state index contributed by atoms with van der Waals surface area (Å²) in [4.78, 5) is 53.9. The number of imide groups is 1. The highest BCUT2D eigenvalue weighted by Crippen LogP contribution is 2.54. The van der Waals surface area contributed by atoms with Gasteiger partial charge in [-0.2, -0.15) is 0 Å². The van der Waals surface area contributed by atoms with Crippen LogP contribution in [0.25, 0.3) is 0 Å². The molecule has 2 amide bonds. The molecule has 0 aliphatic carbocycles. The molecule has 1 saturated heterocycles. The molecule has 3 heterocycles. The molecule has 3 atom stereocenters. The van der Waals surface area contributed by atoms with Crippen LogP contribution in [-0.4, -0.2) is 44.6 Å². The molecule has 5 rings (SSSR count). The largest absolute Gasteiger partial charge is 0.489 e. The smallest absolute Gasteiger partial charge is 0.323 e. The molecule has 1 aromatic heterocycles. The van der Waals surface area contributed by atoms with E-state index >= 15 is 0 Å². The van der Waals surface area contributed by atoms with Gasteiger partial charge in [0.15, 0.2) is 0 Å². The van der Waals surface area contributed by atoms with Crippen LogP contribution in [-0.2, 0) is 21.0 Å². The van der Waals surface area contributed by atoms with E-state index in [0.717, 1.165) is 38.0 Å². The average Bonchev–Trinajstić information content (AvgIpc) is 3.28. The van der Waals surface area contributed by atoms with Crippen molar-refractivity contribution in [1.82, 2.24) is 9.88 Å². The standard InChI is InChI=1S/C23H16BrClN2O6S2/c24-11-4-5-14(33-9-10-2-1-3-12(25)6-10)13(7-11)16-17-19(34-20-18(16)35-23(32)26-20)22(31)27(21(17)30)8-15(28)29/h1-7,16-17,19H,8-9H2,(H,26,32)(H,28,29)/t16-,17?,19?/m0/s1. The SMILES string of the molecule is O=C(O)CN1C(=O)C2Sc3[nH]c(=O)sc3[C@@H](c3cc(Br)ccc3OCc3cccc(Cl)c3)C2C1=O. The molecule has 2 unspecified atom stereocenters. The highest BCUT2D eigenvalue weighted by atomic mass is 79.9. The fourth-order valence-corrected chi connectivity index (χ4v) is 7.50. The van der Waals surface area contributed by atoms with E-state index in [0.29, 0.717) is 26.2 Å². The summed E-state index contributed by atoms with van der Waals surface area (Å²) in [6.07, 6.45) is 0. The number of benzene rings is 2. The van der Waals surface area contributed by atoms with Gasteiger partial charge in [0.05, 0.1) is 10.9 Å². The molecular formula is C23H16BrClN2O6S2. The first-order valence-corrected chi connectivity index (χ1v) is 13.2. The fraction of sp³-hybridized carbons (Fsp3) is 0.217. The second kappa shape index (κ2) is 9.45. The summed E-state index contributed by atoms with van der Waals surface area (Å²) in [5.74, 6) is -3.51. The lowest BCUT2D eigenvalue weighted by molar-refractivity contribution is -0.149. The molecular weight excluding hydrogens is 580 g/mol. The number of thioether (sulfide) groups is 1. The van der Waals surface area contributed by atoms with Crippen molar-refractivity contribution in [2.45, 2.75) is 22.8 Å². The van der Waals surface area contributed by atoms with Gasteiger partial charge in [0.25, 0.3) is 0 Å². The van der Waals surface area contributed by atoms with Gasteiger partial charge in [-0.15, -0.1) is 0 Å². The summed E-state index contributed by atoms with van der Waals surface area (Å²) in [6.45, 7) is -0.502. The van der Waals surface area contributed by atoms with E-state index in [4.69, 9.17) is 16.3 Å². The topological polar surface area (TPSA) is 117 Å². The predicted octanol–water partition coefficient (Wildman–Crippen LogP) is 4.11. The van der Waals surface area contributed by atoms with Crippen LogP contribution in [0.15, 0.2) is 56.8 Å². The lowest BCUT2D eigenvalue weighted by Gasteiger charge is -2.31. The second-order valence-corrected chi connectivity index (χ2v) is 11.5. The normalized spacial score (nSPS) is 21.1. The number of hydrogen-bond acceptors (Lipinski definition) is 7. The van der Waals surface area contributed by atoms with Crippen molar-refractivity contribution in [3.8, 4) is 5.75 Å². The number of aromatic nitrogens is 1. The third-order valence-electron chi connectivity index (χ3n) is 5.80. The zero-order chi connectivity index (χ0) is 24.9. The number of halogens is 2. The van der Waals surface area contributed by atoms with Crippen LogP contribution in [0.1, 0.15) is 21.9 Å². The fourth-order valence-electron chi connectivity index (χ4n) is 4.38. The molecule has 0 saturated carbocycles. The van der Waals surface area contributed by atoms with Gasteiger partial charge in [0.2, 0.25) is 11.8 Å². The first-order chi connectivity index (χ1) is 16.7. The maximum atomic E-state index is 13.4. The number of H-pyrrole nitrogens is 1. The van der Waals surface area contributed by atoms with Crippen LogP contribution in [0, 0.1) is 5.92 Å². The van der Waals surface area contributed by atoms with Crippen LogP contribution in [0.4, 0.5) is 0 Å². The van der Waals surface area contributed by atoms with Gasteiger partial charge in [0, 0.05) is 25.9 Å². The van der Waals surface area contributed by atoms with Crippen LogP contribution < -0.4 is 9.61 Å². The minimum Gasteiger partial charge on any atom is -0.489 e. The Kier molecular flexibility index (Phi) is 6.51. The Morgan fingerprint density at radius 1 is 1.17 bits per heavy atom. The van der Waals surface area contributed by atoms with E-state index in [2.05, 4.69) is 20.9 Å². The molecule has 2 aromatic carbocycles. The Hall–Kier alpha value is -2.60. The number of aliphatic carboxylic acids is 1. The maximum absolute atomic E-state index is 13.4. The number of ether oxygens (including phenoxy) is 1. The third kappa shape index (κ3) is 4.53. The number of nitrogens with zero attached hydrogens (tertiary/aromatic N) is 1. The number of hydrogen-bond donors (Lipinski definition) is 2. The number of carboxylic acid groups (broad SMARTS) is 1. The second-order valence-electron chi connectivity index (χ2n) is 8.01. The van der Waals surface area contributed by atoms with Crippen LogP contribution in [0.3, 0.4) is 0 Å². The molecule has 1 fully saturated rings. The third-order valence-corrected chi connectivity index (χ3v) is 8.93. The number of carbonyl (C=O) groups is 3. The molecule has 180 valence electrons. The number of carboxylic acids is 1.